The van der Waals surface area contributed by atoms with Crippen LogP contribution in [-0.2, 0) is 16.5 Å². The monoisotopic (exact) mass is 349 g/mol. The first-order valence-corrected chi connectivity index (χ1v) is 9.90. The Kier molecular flexibility index (Phi) is 12.6. The minimum atomic E-state index is -4.10. The summed E-state index contributed by atoms with van der Waals surface area (Å²) in [6.07, 6.45) is 10.5. The van der Waals surface area contributed by atoms with E-state index in [2.05, 4.69) is 13.8 Å². The van der Waals surface area contributed by atoms with E-state index in [0.29, 0.717) is 6.42 Å². The van der Waals surface area contributed by atoms with Gasteiger partial charge in [-0.3, -0.25) is 4.55 Å². The molecule has 0 amide bonds. The Morgan fingerprint density at radius 2 is 1.43 bits per heavy atom. The van der Waals surface area contributed by atoms with Crippen LogP contribution in [0.5, 0.6) is 0 Å². The van der Waals surface area contributed by atoms with Crippen LogP contribution >= 0.6 is 0 Å². The van der Waals surface area contributed by atoms with Crippen LogP contribution in [0.25, 0.3) is 0 Å². The Morgan fingerprint density at radius 3 is 2.00 bits per heavy atom. The molecule has 0 bridgehead atoms. The number of rotatable bonds is 11. The summed E-state index contributed by atoms with van der Waals surface area (Å²) in [6, 6.07) is 6.72. The summed E-state index contributed by atoms with van der Waals surface area (Å²) < 4.78 is 31.8. The summed E-state index contributed by atoms with van der Waals surface area (Å²) in [5, 5.41) is 0. The van der Waals surface area contributed by atoms with Gasteiger partial charge in [0.2, 0.25) is 0 Å². The third-order valence-electron chi connectivity index (χ3n) is 3.98. The Balaban J connectivity index is 0.00000484. The third-order valence-corrected chi connectivity index (χ3v) is 4.93. The molecule has 0 aliphatic rings. The summed E-state index contributed by atoms with van der Waals surface area (Å²) in [5.41, 5.74) is 0.724. The summed E-state index contributed by atoms with van der Waals surface area (Å²) in [6.45, 7) is 4.54. The van der Waals surface area contributed by atoms with Crippen LogP contribution in [0.1, 0.15) is 70.8 Å². The zero-order valence-electron chi connectivity index (χ0n) is 14.9. The minimum Gasteiger partial charge on any atom is -0.282 e. The maximum absolute atomic E-state index is 11.3. The van der Waals surface area contributed by atoms with Gasteiger partial charge in [0, 0.05) is 29.6 Å². The zero-order chi connectivity index (χ0) is 16.4. The molecule has 3 nitrogen and oxygen atoms in total. The van der Waals surface area contributed by atoms with Crippen molar-refractivity contribution in [2.24, 2.45) is 5.92 Å². The van der Waals surface area contributed by atoms with Crippen LogP contribution in [-0.4, -0.2) is 42.5 Å². The molecular weight excluding hydrogens is 319 g/mol. The van der Waals surface area contributed by atoms with Crippen molar-refractivity contribution in [2.75, 3.05) is 0 Å². The molecule has 0 fully saturated rings. The predicted molar refractivity (Wildman–Crippen MR) is 97.5 cm³/mol. The number of hydrogen-bond acceptors (Lipinski definition) is 2. The van der Waals surface area contributed by atoms with E-state index in [1.54, 1.807) is 12.1 Å². The molecular formula is C18H30NaO3S. The van der Waals surface area contributed by atoms with Crippen molar-refractivity contribution < 1.29 is 13.0 Å². The fourth-order valence-electron chi connectivity index (χ4n) is 2.71. The van der Waals surface area contributed by atoms with E-state index in [1.165, 1.54) is 44.6 Å². The van der Waals surface area contributed by atoms with Crippen LogP contribution in [0.3, 0.4) is 0 Å². The molecule has 0 aliphatic heterocycles. The van der Waals surface area contributed by atoms with E-state index in [0.717, 1.165) is 24.3 Å². The average Bonchev–Trinajstić information content (AvgIpc) is 2.44. The molecule has 0 saturated carbocycles. The molecule has 0 aromatic heterocycles. The topological polar surface area (TPSA) is 54.4 Å². The summed E-state index contributed by atoms with van der Waals surface area (Å²) in [4.78, 5) is 0.0590. The van der Waals surface area contributed by atoms with Crippen molar-refractivity contribution in [3.8, 4) is 0 Å². The first-order valence-electron chi connectivity index (χ1n) is 8.46. The number of unbranched alkanes of at least 4 members (excludes halogenated alkanes) is 6. The second kappa shape index (κ2) is 12.5. The van der Waals surface area contributed by atoms with Crippen LogP contribution in [0.15, 0.2) is 29.2 Å². The molecule has 0 heterocycles. The smallest absolute Gasteiger partial charge is 0.282 e. The van der Waals surface area contributed by atoms with Gasteiger partial charge in [0.15, 0.2) is 0 Å². The maximum atomic E-state index is 11.3. The summed E-state index contributed by atoms with van der Waals surface area (Å²) in [5.74, 6) is 0.808. The van der Waals surface area contributed by atoms with Crippen molar-refractivity contribution in [1.29, 1.82) is 0 Å². The van der Waals surface area contributed by atoms with E-state index in [4.69, 9.17) is 0 Å². The molecule has 1 rings (SSSR count). The molecule has 0 unspecified atom stereocenters. The molecule has 1 N–H and O–H groups in total. The van der Waals surface area contributed by atoms with Gasteiger partial charge in [-0.05, 0) is 30.4 Å². The average molecular weight is 349 g/mol. The first kappa shape index (κ1) is 23.1. The van der Waals surface area contributed by atoms with Crippen LogP contribution in [0.4, 0.5) is 0 Å². The Hall–Kier alpha value is 0.130. The van der Waals surface area contributed by atoms with Crippen molar-refractivity contribution in [1.82, 2.24) is 0 Å². The number of benzene rings is 1. The van der Waals surface area contributed by atoms with Gasteiger partial charge in [-0.25, -0.2) is 0 Å². The Morgan fingerprint density at radius 1 is 0.913 bits per heavy atom. The molecule has 127 valence electrons. The van der Waals surface area contributed by atoms with Crippen LogP contribution in [0, 0.1) is 5.92 Å². The molecule has 0 atom stereocenters. The number of hydrogen-bond donors (Lipinski definition) is 1. The van der Waals surface area contributed by atoms with E-state index >= 15 is 0 Å². The Labute approximate surface area is 164 Å². The quantitative estimate of drug-likeness (QED) is 0.352. The summed E-state index contributed by atoms with van der Waals surface area (Å²) in [7, 11) is -4.10. The molecule has 23 heavy (non-hydrogen) atoms. The molecule has 5 heteroatoms. The van der Waals surface area contributed by atoms with Gasteiger partial charge < -0.3 is 0 Å². The molecule has 1 aromatic rings. The van der Waals surface area contributed by atoms with Crippen molar-refractivity contribution in [3.05, 3.63) is 29.8 Å². The van der Waals surface area contributed by atoms with Crippen LogP contribution in [0.2, 0.25) is 0 Å². The molecule has 1 aromatic carbocycles. The maximum Gasteiger partial charge on any atom is 0.294 e. The molecule has 0 saturated heterocycles. The fourth-order valence-corrected chi connectivity index (χ4v) is 3.47. The van der Waals surface area contributed by atoms with Gasteiger partial charge >= 0.3 is 0 Å². The van der Waals surface area contributed by atoms with Crippen molar-refractivity contribution >= 4 is 39.7 Å². The first-order chi connectivity index (χ1) is 10.4. The largest absolute Gasteiger partial charge is 0.294 e. The minimum absolute atomic E-state index is 0. The van der Waals surface area contributed by atoms with Crippen molar-refractivity contribution in [2.45, 2.75) is 76.5 Å². The second-order valence-corrected chi connectivity index (χ2v) is 7.88. The third kappa shape index (κ3) is 10.6. The van der Waals surface area contributed by atoms with Crippen molar-refractivity contribution in [3.63, 3.8) is 0 Å². The molecule has 0 spiro atoms. The second-order valence-electron chi connectivity index (χ2n) is 6.49. The predicted octanol–water partition coefficient (Wildman–Crippen LogP) is 4.87. The normalized spacial score (nSPS) is 11.5. The number of aryl methyl sites for hydroxylation is 1. The Bertz CT molecular complexity index is 527. The zero-order valence-corrected chi connectivity index (χ0v) is 17.7. The summed E-state index contributed by atoms with van der Waals surface area (Å²) >= 11 is 0. The van der Waals surface area contributed by atoms with Crippen LogP contribution < -0.4 is 0 Å². The standard InChI is InChI=1S/C18H30O3S.Na/c1-16(2)12-8-6-4-3-5-7-9-13-17-14-10-11-15-18(17)22(19,20)21;/h10-11,14-16H,3-9,12-13H2,1-2H3,(H,19,20,21);. The fraction of sp³-hybridized carbons (Fsp3) is 0.667. The van der Waals surface area contributed by atoms with E-state index in [-0.39, 0.29) is 34.5 Å². The molecule has 1 radical (unpaired) electrons. The SMILES string of the molecule is CC(C)CCCCCCCCCc1ccccc1S(=O)(=O)O.[Na]. The van der Waals surface area contributed by atoms with Gasteiger partial charge in [-0.1, -0.05) is 77.0 Å². The van der Waals surface area contributed by atoms with Gasteiger partial charge in [-0.2, -0.15) is 8.42 Å². The van der Waals surface area contributed by atoms with Gasteiger partial charge in [0.05, 0.1) is 4.90 Å². The van der Waals surface area contributed by atoms with E-state index < -0.39 is 10.1 Å². The van der Waals surface area contributed by atoms with Gasteiger partial charge in [-0.15, -0.1) is 0 Å². The van der Waals surface area contributed by atoms with E-state index in [9.17, 15) is 13.0 Å². The van der Waals surface area contributed by atoms with Gasteiger partial charge in [0.25, 0.3) is 10.1 Å². The molecule has 0 aliphatic carbocycles. The van der Waals surface area contributed by atoms with Gasteiger partial charge in [0.1, 0.15) is 0 Å². The van der Waals surface area contributed by atoms with E-state index in [1.807, 2.05) is 6.07 Å².